The average Bonchev–Trinajstić information content (AvgIpc) is 3.18. The summed E-state index contributed by atoms with van der Waals surface area (Å²) in [6.45, 7) is -0.329. The maximum atomic E-state index is 11.9. The van der Waals surface area contributed by atoms with E-state index in [1.807, 2.05) is 0 Å². The second-order valence-corrected chi connectivity index (χ2v) is 5.89. The van der Waals surface area contributed by atoms with Crippen LogP contribution in [0.4, 0.5) is 5.00 Å². The third-order valence-electron chi connectivity index (χ3n) is 3.05. The van der Waals surface area contributed by atoms with Crippen molar-refractivity contribution in [1.82, 2.24) is 5.32 Å². The van der Waals surface area contributed by atoms with E-state index in [2.05, 4.69) is 10.6 Å². The van der Waals surface area contributed by atoms with Crippen LogP contribution in [0.15, 0.2) is 12.1 Å². The lowest BCUT2D eigenvalue weighted by molar-refractivity contribution is -0.139. The largest absolute Gasteiger partial charge is 0.480 e. The smallest absolute Gasteiger partial charge is 0.326 e. The molecule has 1 saturated carbocycles. The zero-order chi connectivity index (χ0) is 15.4. The monoisotopic (exact) mass is 312 g/mol. The molecule has 7 nitrogen and oxygen atoms in total. The number of aliphatic carboxylic acids is 1. The van der Waals surface area contributed by atoms with Crippen molar-refractivity contribution >= 4 is 34.1 Å². The first kappa shape index (κ1) is 15.5. The van der Waals surface area contributed by atoms with Crippen molar-refractivity contribution in [3.63, 3.8) is 0 Å². The highest BCUT2D eigenvalue weighted by molar-refractivity contribution is 7.18. The van der Waals surface area contributed by atoms with Crippen molar-refractivity contribution in [2.75, 3.05) is 11.9 Å². The van der Waals surface area contributed by atoms with Gasteiger partial charge >= 0.3 is 5.97 Å². The molecule has 0 spiro atoms. The van der Waals surface area contributed by atoms with E-state index in [-0.39, 0.29) is 24.9 Å². The Kier molecular flexibility index (Phi) is 4.92. The van der Waals surface area contributed by atoms with Gasteiger partial charge in [0.05, 0.1) is 9.88 Å². The number of anilines is 1. The van der Waals surface area contributed by atoms with Crippen molar-refractivity contribution < 1.29 is 24.6 Å². The number of amides is 2. The lowest BCUT2D eigenvalue weighted by Crippen LogP contribution is -2.41. The van der Waals surface area contributed by atoms with Gasteiger partial charge in [0.2, 0.25) is 5.91 Å². The molecule has 114 valence electrons. The third kappa shape index (κ3) is 4.27. The molecule has 1 aromatic rings. The van der Waals surface area contributed by atoms with Gasteiger partial charge in [0.25, 0.3) is 5.91 Å². The van der Waals surface area contributed by atoms with Gasteiger partial charge in [-0.2, -0.15) is 0 Å². The van der Waals surface area contributed by atoms with Crippen LogP contribution in [0.1, 0.15) is 28.9 Å². The molecule has 0 unspecified atom stereocenters. The number of carboxylic acid groups (broad SMARTS) is 1. The minimum atomic E-state index is -1.20. The van der Waals surface area contributed by atoms with Gasteiger partial charge in [0.1, 0.15) is 6.04 Å². The number of aliphatic hydroxyl groups is 1. The van der Waals surface area contributed by atoms with Crippen molar-refractivity contribution in [2.45, 2.75) is 25.3 Å². The summed E-state index contributed by atoms with van der Waals surface area (Å²) in [6, 6.07) is 2.01. The van der Waals surface area contributed by atoms with Crippen molar-refractivity contribution in [3.05, 3.63) is 17.0 Å². The molecule has 1 aromatic heterocycles. The summed E-state index contributed by atoms with van der Waals surface area (Å²) >= 11 is 1.09. The van der Waals surface area contributed by atoms with Gasteiger partial charge in [-0.05, 0) is 25.0 Å². The van der Waals surface area contributed by atoms with Crippen molar-refractivity contribution in [3.8, 4) is 0 Å². The normalized spacial score (nSPS) is 15.3. The molecule has 1 aliphatic carbocycles. The number of rotatable bonds is 7. The van der Waals surface area contributed by atoms with Crippen LogP contribution in [0, 0.1) is 5.92 Å². The quantitative estimate of drug-likeness (QED) is 0.590. The summed E-state index contributed by atoms with van der Waals surface area (Å²) in [4.78, 5) is 34.7. The zero-order valence-electron chi connectivity index (χ0n) is 11.2. The Balaban J connectivity index is 1.94. The van der Waals surface area contributed by atoms with E-state index in [0.717, 1.165) is 24.2 Å². The molecule has 1 heterocycles. The lowest BCUT2D eigenvalue weighted by Gasteiger charge is -2.12. The fraction of sp³-hybridized carbons (Fsp3) is 0.462. The Morgan fingerprint density at radius 1 is 1.33 bits per heavy atom. The molecule has 2 amide bonds. The molecule has 0 aromatic carbocycles. The zero-order valence-corrected chi connectivity index (χ0v) is 12.0. The number of hydrogen-bond donors (Lipinski definition) is 4. The fourth-order valence-corrected chi connectivity index (χ4v) is 2.52. The summed E-state index contributed by atoms with van der Waals surface area (Å²) in [5, 5.41) is 23.3. The van der Waals surface area contributed by atoms with Crippen LogP contribution in [0.5, 0.6) is 0 Å². The number of nitrogens with one attached hydrogen (secondary N) is 2. The number of thiophene rings is 1. The molecule has 0 radical (unpaired) electrons. The van der Waals surface area contributed by atoms with Crippen molar-refractivity contribution in [2.24, 2.45) is 5.92 Å². The maximum Gasteiger partial charge on any atom is 0.326 e. The Hall–Kier alpha value is -1.93. The number of carbonyl (C=O) groups excluding carboxylic acids is 2. The molecular weight excluding hydrogens is 296 g/mol. The van der Waals surface area contributed by atoms with E-state index in [4.69, 9.17) is 10.2 Å². The Morgan fingerprint density at radius 3 is 2.62 bits per heavy atom. The summed E-state index contributed by atoms with van der Waals surface area (Å²) in [7, 11) is 0. The predicted octanol–water partition coefficient (Wildman–Crippen LogP) is 0.662. The molecule has 0 bridgehead atoms. The third-order valence-corrected chi connectivity index (χ3v) is 4.04. The van der Waals surface area contributed by atoms with Crippen LogP contribution in [-0.4, -0.2) is 40.6 Å². The standard InChI is InChI=1S/C13H16N2O5S/c16-6-5-8(13(19)20)14-12(18)9-3-4-10(21-9)15-11(17)7-1-2-7/h3-4,7-8,16H,1-2,5-6H2,(H,14,18)(H,15,17)(H,19,20)/t8-/m1/s1. The molecule has 1 fully saturated rings. The first-order valence-corrected chi connectivity index (χ1v) is 7.38. The second kappa shape index (κ2) is 6.68. The molecule has 0 saturated heterocycles. The summed E-state index contributed by atoms with van der Waals surface area (Å²) < 4.78 is 0. The number of carbonyl (C=O) groups is 3. The minimum absolute atomic E-state index is 0.0486. The minimum Gasteiger partial charge on any atom is -0.480 e. The van der Waals surface area contributed by atoms with Crippen LogP contribution in [0.2, 0.25) is 0 Å². The summed E-state index contributed by atoms with van der Waals surface area (Å²) in [5.41, 5.74) is 0. The number of aliphatic hydroxyl groups excluding tert-OH is 1. The highest BCUT2D eigenvalue weighted by atomic mass is 32.1. The molecule has 8 heteroatoms. The molecule has 4 N–H and O–H groups in total. The lowest BCUT2D eigenvalue weighted by atomic mass is 10.2. The van der Waals surface area contributed by atoms with Gasteiger partial charge < -0.3 is 20.8 Å². The first-order valence-electron chi connectivity index (χ1n) is 6.56. The van der Waals surface area contributed by atoms with Crippen LogP contribution in [0.25, 0.3) is 0 Å². The summed E-state index contributed by atoms with van der Waals surface area (Å²) in [5.74, 6) is -1.71. The van der Waals surface area contributed by atoms with E-state index < -0.39 is 17.9 Å². The topological polar surface area (TPSA) is 116 Å². The Bertz CT molecular complexity index is 553. The molecule has 21 heavy (non-hydrogen) atoms. The molecule has 1 atom stereocenters. The van der Waals surface area contributed by atoms with Gasteiger partial charge in [-0.3, -0.25) is 9.59 Å². The number of hydrogen-bond acceptors (Lipinski definition) is 5. The van der Waals surface area contributed by atoms with E-state index in [9.17, 15) is 14.4 Å². The SMILES string of the molecule is O=C(N[C@H](CCO)C(=O)O)c1ccc(NC(=O)C2CC2)s1. The first-order chi connectivity index (χ1) is 10.0. The van der Waals surface area contributed by atoms with Gasteiger partial charge in [-0.1, -0.05) is 0 Å². The summed E-state index contributed by atoms with van der Waals surface area (Å²) in [6.07, 6.45) is 1.73. The van der Waals surface area contributed by atoms with Gasteiger partial charge in [0.15, 0.2) is 0 Å². The van der Waals surface area contributed by atoms with E-state index >= 15 is 0 Å². The van der Waals surface area contributed by atoms with Gasteiger partial charge in [0, 0.05) is 18.9 Å². The molecule has 2 rings (SSSR count). The van der Waals surface area contributed by atoms with Gasteiger partial charge in [-0.25, -0.2) is 4.79 Å². The van der Waals surface area contributed by atoms with Crippen molar-refractivity contribution in [1.29, 1.82) is 0 Å². The fourth-order valence-electron chi connectivity index (χ4n) is 1.71. The van der Waals surface area contributed by atoms with E-state index in [1.54, 1.807) is 6.07 Å². The number of carboxylic acids is 1. The highest BCUT2D eigenvalue weighted by Gasteiger charge is 2.30. The average molecular weight is 312 g/mol. The van der Waals surface area contributed by atoms with Crippen LogP contribution >= 0.6 is 11.3 Å². The predicted molar refractivity (Wildman–Crippen MR) is 76.3 cm³/mol. The van der Waals surface area contributed by atoms with E-state index in [0.29, 0.717) is 9.88 Å². The van der Waals surface area contributed by atoms with E-state index in [1.165, 1.54) is 6.07 Å². The molecule has 1 aliphatic rings. The van der Waals surface area contributed by atoms with Crippen LogP contribution in [0.3, 0.4) is 0 Å². The highest BCUT2D eigenvalue weighted by Crippen LogP contribution is 2.31. The Labute approximate surface area is 125 Å². The molecular formula is C13H16N2O5S. The molecule has 0 aliphatic heterocycles. The van der Waals surface area contributed by atoms with Gasteiger partial charge in [-0.15, -0.1) is 11.3 Å². The van der Waals surface area contributed by atoms with Crippen LogP contribution < -0.4 is 10.6 Å². The second-order valence-electron chi connectivity index (χ2n) is 4.80. The van der Waals surface area contributed by atoms with Crippen LogP contribution in [-0.2, 0) is 9.59 Å². The Morgan fingerprint density at radius 2 is 2.05 bits per heavy atom. The maximum absolute atomic E-state index is 11.9.